The molecule has 0 aromatic heterocycles. The second-order valence-electron chi connectivity index (χ2n) is 9.61. The summed E-state index contributed by atoms with van der Waals surface area (Å²) in [5.41, 5.74) is 0. The van der Waals surface area contributed by atoms with E-state index in [1.165, 1.54) is 77.0 Å². The summed E-state index contributed by atoms with van der Waals surface area (Å²) in [5.74, 6) is -0.600. The lowest BCUT2D eigenvalue weighted by molar-refractivity contribution is -0.144. The summed E-state index contributed by atoms with van der Waals surface area (Å²) in [6, 6.07) is 0. The molecule has 0 aliphatic rings. The average Bonchev–Trinajstić information content (AvgIpc) is 2.76. The van der Waals surface area contributed by atoms with E-state index in [2.05, 4.69) is 13.8 Å². The third-order valence-electron chi connectivity index (χ3n) is 5.81. The number of unbranched alkanes of at least 4 members (excludes halogenated alkanes) is 16. The fraction of sp³-hybridized carbons (Fsp3) is 0.926. The highest BCUT2D eigenvalue weighted by Gasteiger charge is 2.43. The molecule has 0 saturated carbocycles. The molecule has 5 nitrogen and oxygen atoms in total. The first-order valence-corrected chi connectivity index (χ1v) is 15.4. The second kappa shape index (κ2) is 24.6. The number of carbonyl (C=O) groups excluding carboxylic acids is 2. The van der Waals surface area contributed by atoms with Crippen molar-refractivity contribution in [2.45, 2.75) is 162 Å². The first-order chi connectivity index (χ1) is 16.0. The highest BCUT2D eigenvalue weighted by atomic mass is 27.3. The summed E-state index contributed by atoms with van der Waals surface area (Å²) in [5, 5.41) is 0. The van der Waals surface area contributed by atoms with E-state index in [9.17, 15) is 9.59 Å². The third kappa shape index (κ3) is 24.4. The molecule has 33 heavy (non-hydrogen) atoms. The first kappa shape index (κ1) is 32.4. The largest absolute Gasteiger partial charge is 1.10 e. The molecule has 0 radical (unpaired) electrons. The van der Waals surface area contributed by atoms with Gasteiger partial charge in [-0.3, -0.25) is 9.59 Å². The van der Waals surface area contributed by atoms with Gasteiger partial charge in [0.05, 0.1) is 0 Å². The molecule has 0 atom stereocenters. The van der Waals surface area contributed by atoms with Gasteiger partial charge in [0, 0.05) is 18.9 Å². The quantitative estimate of drug-likeness (QED) is 0.102. The van der Waals surface area contributed by atoms with Crippen LogP contribution in [-0.4, -0.2) is 33.2 Å². The molecule has 0 amide bonds. The predicted octanol–water partition coefficient (Wildman–Crippen LogP) is 8.32. The normalized spacial score (nSPS) is 11.1. The molecule has 0 unspecified atom stereocenters. The third-order valence-corrected chi connectivity index (χ3v) is 7.48. The SMILES string of the molecule is CCCCCCCCCCCC(=O)[O][Al]([O]C(=O)CCCCCCCCCCC)[O]C(C)C. The van der Waals surface area contributed by atoms with Crippen molar-refractivity contribution in [1.29, 1.82) is 0 Å². The molecule has 6 heteroatoms. The Morgan fingerprint density at radius 2 is 0.848 bits per heavy atom. The Balaban J connectivity index is 3.90. The van der Waals surface area contributed by atoms with Gasteiger partial charge < -0.3 is 11.4 Å². The Hall–Kier alpha value is -0.568. The monoisotopic (exact) mass is 484 g/mol. The van der Waals surface area contributed by atoms with Crippen LogP contribution in [0.15, 0.2) is 0 Å². The highest BCUT2D eigenvalue weighted by molar-refractivity contribution is 6.41. The molecule has 194 valence electrons. The minimum atomic E-state index is -2.77. The van der Waals surface area contributed by atoms with E-state index in [1.807, 2.05) is 13.8 Å². The molecule has 0 N–H and O–H groups in total. The van der Waals surface area contributed by atoms with E-state index >= 15 is 0 Å². The number of hydrogen-bond acceptors (Lipinski definition) is 5. The van der Waals surface area contributed by atoms with Gasteiger partial charge >= 0.3 is 15.1 Å². The summed E-state index contributed by atoms with van der Waals surface area (Å²) in [4.78, 5) is 24.4. The van der Waals surface area contributed by atoms with Crippen molar-refractivity contribution in [3.8, 4) is 0 Å². The van der Waals surface area contributed by atoms with Gasteiger partial charge in [-0.1, -0.05) is 117 Å². The maximum atomic E-state index is 12.2. The van der Waals surface area contributed by atoms with Crippen LogP contribution in [0.5, 0.6) is 0 Å². The Morgan fingerprint density at radius 3 is 1.15 bits per heavy atom. The summed E-state index contributed by atoms with van der Waals surface area (Å²) >= 11 is -2.77. The Morgan fingerprint density at radius 1 is 0.545 bits per heavy atom. The lowest BCUT2D eigenvalue weighted by Crippen LogP contribution is -2.34. The molecule has 0 spiro atoms. The summed E-state index contributed by atoms with van der Waals surface area (Å²) in [6.07, 6.45) is 22.2. The maximum absolute atomic E-state index is 12.2. The van der Waals surface area contributed by atoms with Crippen molar-refractivity contribution >= 4 is 27.1 Å². The van der Waals surface area contributed by atoms with Crippen molar-refractivity contribution in [2.24, 2.45) is 0 Å². The van der Waals surface area contributed by atoms with Crippen LogP contribution >= 0.6 is 0 Å². The highest BCUT2D eigenvalue weighted by Crippen LogP contribution is 2.13. The zero-order chi connectivity index (χ0) is 24.6. The van der Waals surface area contributed by atoms with Crippen molar-refractivity contribution in [2.75, 3.05) is 0 Å². The predicted molar refractivity (Wildman–Crippen MR) is 138 cm³/mol. The van der Waals surface area contributed by atoms with E-state index in [0.29, 0.717) is 12.8 Å². The molecule has 0 heterocycles. The van der Waals surface area contributed by atoms with Gasteiger partial charge in [-0.25, -0.2) is 0 Å². The van der Waals surface area contributed by atoms with Crippen LogP contribution < -0.4 is 0 Å². The van der Waals surface area contributed by atoms with Crippen LogP contribution in [0, 0.1) is 0 Å². The van der Waals surface area contributed by atoms with Crippen LogP contribution in [0.25, 0.3) is 0 Å². The van der Waals surface area contributed by atoms with Crippen molar-refractivity contribution in [3.05, 3.63) is 0 Å². The number of rotatable bonds is 24. The molecule has 0 aliphatic carbocycles. The van der Waals surface area contributed by atoms with E-state index < -0.39 is 15.1 Å². The van der Waals surface area contributed by atoms with Crippen LogP contribution in [0.1, 0.15) is 156 Å². The van der Waals surface area contributed by atoms with Crippen LogP contribution in [0.4, 0.5) is 0 Å². The summed E-state index contributed by atoms with van der Waals surface area (Å²) in [6.45, 7) is 8.20. The lowest BCUT2D eigenvalue weighted by atomic mass is 10.1. The minimum absolute atomic E-state index is 0.136. The number of carbonyl (C=O) groups is 2. The van der Waals surface area contributed by atoms with E-state index in [1.54, 1.807) is 0 Å². The van der Waals surface area contributed by atoms with Crippen molar-refractivity contribution < 1.29 is 21.0 Å². The van der Waals surface area contributed by atoms with Crippen LogP contribution in [0.2, 0.25) is 0 Å². The van der Waals surface area contributed by atoms with Gasteiger partial charge in [0.2, 0.25) is 0 Å². The van der Waals surface area contributed by atoms with Crippen LogP contribution in [-0.2, 0) is 21.0 Å². The average molecular weight is 485 g/mol. The topological polar surface area (TPSA) is 61.8 Å². The first-order valence-electron chi connectivity index (χ1n) is 14.0. The molecule has 0 aromatic carbocycles. The Labute approximate surface area is 210 Å². The molecule has 0 bridgehead atoms. The fourth-order valence-electron chi connectivity index (χ4n) is 3.79. The maximum Gasteiger partial charge on any atom is 1.10 e. The van der Waals surface area contributed by atoms with Gasteiger partial charge in [0.1, 0.15) is 0 Å². The van der Waals surface area contributed by atoms with Gasteiger partial charge in [0.15, 0.2) is 0 Å². The van der Waals surface area contributed by atoms with Gasteiger partial charge in [0.25, 0.3) is 11.9 Å². The Kier molecular flexibility index (Phi) is 24.1. The summed E-state index contributed by atoms with van der Waals surface area (Å²) in [7, 11) is 0. The van der Waals surface area contributed by atoms with E-state index in [4.69, 9.17) is 11.4 Å². The Bertz CT molecular complexity index is 420. The zero-order valence-corrected chi connectivity index (χ0v) is 23.5. The number of hydrogen-bond donors (Lipinski definition) is 0. The lowest BCUT2D eigenvalue weighted by Gasteiger charge is -2.15. The van der Waals surface area contributed by atoms with Crippen molar-refractivity contribution in [1.82, 2.24) is 0 Å². The molecule has 0 fully saturated rings. The molecule has 0 aliphatic heterocycles. The molecular weight excluding hydrogens is 431 g/mol. The van der Waals surface area contributed by atoms with Crippen molar-refractivity contribution in [3.63, 3.8) is 0 Å². The second-order valence-corrected chi connectivity index (χ2v) is 10.9. The van der Waals surface area contributed by atoms with E-state index in [-0.39, 0.29) is 18.0 Å². The smallest absolute Gasteiger partial charge is 0.562 e. The van der Waals surface area contributed by atoms with Gasteiger partial charge in [-0.05, 0) is 26.7 Å². The molecular formula is C27H53AlO5. The zero-order valence-electron chi connectivity index (χ0n) is 22.3. The molecule has 0 rings (SSSR count). The molecule has 0 saturated heterocycles. The van der Waals surface area contributed by atoms with Gasteiger partial charge in [-0.15, -0.1) is 0 Å². The fourth-order valence-corrected chi connectivity index (χ4v) is 5.06. The molecule has 0 aromatic rings. The van der Waals surface area contributed by atoms with Gasteiger partial charge in [-0.2, -0.15) is 0 Å². The van der Waals surface area contributed by atoms with Crippen LogP contribution in [0.3, 0.4) is 0 Å². The standard InChI is InChI=1S/2C12H24O2.C3H7O.Al/c2*1-2-3-4-5-6-7-8-9-10-11-12(13)14;1-3(2)4;/h2*2-11H2,1H3,(H,13,14);3H,1-2H3;/q;;-1;+3/p-2. The summed E-state index contributed by atoms with van der Waals surface area (Å²) < 4.78 is 16.5. The van der Waals surface area contributed by atoms with E-state index in [0.717, 1.165) is 38.5 Å². The minimum Gasteiger partial charge on any atom is -0.562 e.